The van der Waals surface area contributed by atoms with Gasteiger partial charge in [-0.3, -0.25) is 0 Å². The molecular formula is C34H53N. The Hall–Kier alpha value is -2.64. The van der Waals surface area contributed by atoms with Crippen molar-refractivity contribution < 1.29 is 0 Å². The van der Waals surface area contributed by atoms with E-state index in [1.165, 1.54) is 55.3 Å². The first kappa shape index (κ1) is 34.5. The van der Waals surface area contributed by atoms with Gasteiger partial charge >= 0.3 is 0 Å². The van der Waals surface area contributed by atoms with Gasteiger partial charge in [0.25, 0.3) is 0 Å². The summed E-state index contributed by atoms with van der Waals surface area (Å²) >= 11 is 0. The molecule has 0 aliphatic carbocycles. The van der Waals surface area contributed by atoms with Crippen molar-refractivity contribution in [1.82, 2.24) is 5.32 Å². The average molecular weight is 476 g/mol. The number of nitrogens with one attached hydrogen (secondary N) is 1. The summed E-state index contributed by atoms with van der Waals surface area (Å²) in [4.78, 5) is 0. The lowest BCUT2D eigenvalue weighted by Crippen LogP contribution is -2.41. The molecule has 0 radical (unpaired) electrons. The molecule has 1 N–H and O–H groups in total. The Morgan fingerprint density at radius 1 is 0.743 bits per heavy atom. The van der Waals surface area contributed by atoms with E-state index >= 15 is 0 Å². The van der Waals surface area contributed by atoms with Crippen molar-refractivity contribution in [1.29, 1.82) is 0 Å². The van der Waals surface area contributed by atoms with Crippen LogP contribution in [0.5, 0.6) is 0 Å². The molecule has 1 aliphatic heterocycles. The van der Waals surface area contributed by atoms with Gasteiger partial charge in [-0.15, -0.1) is 6.58 Å². The van der Waals surface area contributed by atoms with E-state index < -0.39 is 0 Å². The van der Waals surface area contributed by atoms with Crippen molar-refractivity contribution in [2.75, 3.05) is 6.54 Å². The molecule has 194 valence electrons. The zero-order valence-corrected chi connectivity index (χ0v) is 23.8. The highest BCUT2D eigenvalue weighted by Gasteiger charge is 2.11. The van der Waals surface area contributed by atoms with Crippen molar-refractivity contribution in [2.45, 2.75) is 86.6 Å². The van der Waals surface area contributed by atoms with E-state index in [4.69, 9.17) is 0 Å². The van der Waals surface area contributed by atoms with Crippen molar-refractivity contribution in [3.8, 4) is 11.1 Å². The largest absolute Gasteiger partial charge is 0.314 e. The van der Waals surface area contributed by atoms with Gasteiger partial charge in [0.2, 0.25) is 0 Å². The van der Waals surface area contributed by atoms with Crippen LogP contribution in [0.3, 0.4) is 0 Å². The van der Waals surface area contributed by atoms with Gasteiger partial charge in [0, 0.05) is 6.04 Å². The molecule has 1 unspecified atom stereocenters. The van der Waals surface area contributed by atoms with E-state index in [1.54, 1.807) is 6.08 Å². The monoisotopic (exact) mass is 475 g/mol. The molecule has 1 heterocycles. The molecule has 1 heteroatoms. The Labute approximate surface area is 218 Å². The summed E-state index contributed by atoms with van der Waals surface area (Å²) in [6.07, 6.45) is 8.53. The third-order valence-corrected chi connectivity index (χ3v) is 4.95. The maximum Gasteiger partial charge on any atom is 0.00765 e. The molecule has 35 heavy (non-hydrogen) atoms. The predicted molar refractivity (Wildman–Crippen MR) is 162 cm³/mol. The third kappa shape index (κ3) is 21.6. The van der Waals surface area contributed by atoms with E-state index in [-0.39, 0.29) is 0 Å². The minimum Gasteiger partial charge on any atom is -0.314 e. The normalized spacial score (nSPS) is 12.4. The molecule has 0 amide bonds. The number of hydrogen-bond donors (Lipinski definition) is 1. The molecule has 1 fully saturated rings. The molecule has 4 rings (SSSR count). The van der Waals surface area contributed by atoms with Crippen LogP contribution in [0.2, 0.25) is 0 Å². The predicted octanol–water partition coefficient (Wildman–Crippen LogP) is 10.5. The van der Waals surface area contributed by atoms with Crippen LogP contribution in [0.1, 0.15) is 79.2 Å². The first-order chi connectivity index (χ1) is 17.1. The van der Waals surface area contributed by atoms with E-state index in [1.807, 2.05) is 51.1 Å². The summed E-state index contributed by atoms with van der Waals surface area (Å²) in [5.41, 5.74) is 3.87. The van der Waals surface area contributed by atoms with Crippen LogP contribution >= 0.6 is 0 Å². The Bertz CT molecular complexity index is 719. The van der Waals surface area contributed by atoms with Crippen LogP contribution in [-0.4, -0.2) is 12.6 Å². The Balaban J connectivity index is 0. The van der Waals surface area contributed by atoms with Crippen molar-refractivity contribution >= 4 is 0 Å². The van der Waals surface area contributed by atoms with Crippen LogP contribution in [0.15, 0.2) is 104 Å². The summed E-state index contributed by atoms with van der Waals surface area (Å²) in [6, 6.07) is 31.9. The molecule has 0 aromatic heterocycles. The fourth-order valence-electron chi connectivity index (χ4n) is 2.85. The number of benzene rings is 3. The number of hydrogen-bond acceptors (Lipinski definition) is 1. The number of rotatable bonds is 4. The Morgan fingerprint density at radius 2 is 1.09 bits per heavy atom. The lowest BCUT2D eigenvalue weighted by Gasteiger charge is -2.25. The molecule has 0 spiro atoms. The van der Waals surface area contributed by atoms with Crippen LogP contribution in [0, 0.1) is 6.92 Å². The van der Waals surface area contributed by atoms with Crippen LogP contribution in [0.25, 0.3) is 11.1 Å². The highest BCUT2D eigenvalue weighted by Crippen LogP contribution is 2.17. The summed E-state index contributed by atoms with van der Waals surface area (Å²) in [5.74, 6) is 0. The highest BCUT2D eigenvalue weighted by molar-refractivity contribution is 5.62. The van der Waals surface area contributed by atoms with Gasteiger partial charge in [0.15, 0.2) is 0 Å². The third-order valence-electron chi connectivity index (χ3n) is 4.95. The molecule has 1 saturated heterocycles. The standard InChI is InChI=1S/C12H10.C7H8.C5H11N.C5H12.C3H6.C2H6/c1-3-7-11(8-4-1)12-9-5-2-6-10-12;1-7-5-3-2-4-6-7;1-2-5-3-4-6-5;1-3-5-4-2;1-3-2;1-2/h1-10H;2-6H,1H3;5-6H,2-4H2,1H3;3-5H2,1-2H3;3H,1H2,2H3;1-2H3. The lowest BCUT2D eigenvalue weighted by atomic mass is 10.1. The summed E-state index contributed by atoms with van der Waals surface area (Å²) in [7, 11) is 0. The first-order valence-electron chi connectivity index (χ1n) is 13.5. The first-order valence-corrected chi connectivity index (χ1v) is 13.5. The maximum atomic E-state index is 3.36. The smallest absolute Gasteiger partial charge is 0.00765 e. The summed E-state index contributed by atoms with van der Waals surface area (Å²) in [6.45, 7) is 19.2. The van der Waals surface area contributed by atoms with E-state index in [0.29, 0.717) is 0 Å². The minimum absolute atomic E-state index is 0.866. The zero-order chi connectivity index (χ0) is 26.6. The molecule has 3 aromatic carbocycles. The topological polar surface area (TPSA) is 12.0 Å². The fraction of sp³-hybridized carbons (Fsp3) is 0.412. The van der Waals surface area contributed by atoms with Gasteiger partial charge in [-0.25, -0.2) is 0 Å². The van der Waals surface area contributed by atoms with Crippen LogP contribution < -0.4 is 5.32 Å². The maximum absolute atomic E-state index is 3.36. The molecule has 1 atom stereocenters. The molecule has 1 aliphatic rings. The van der Waals surface area contributed by atoms with Crippen molar-refractivity contribution in [2.24, 2.45) is 0 Å². The van der Waals surface area contributed by atoms with Gasteiger partial charge < -0.3 is 5.32 Å². The van der Waals surface area contributed by atoms with Gasteiger partial charge in [-0.1, -0.05) is 157 Å². The SMILES string of the molecule is C=CC.CC.CCC1CCN1.CCCCC.Cc1ccccc1.c1ccc(-c2ccccc2)cc1. The second-order valence-electron chi connectivity index (χ2n) is 8.00. The minimum atomic E-state index is 0.866. The van der Waals surface area contributed by atoms with E-state index in [2.05, 4.69) is 100 Å². The summed E-state index contributed by atoms with van der Waals surface area (Å²) in [5, 5.41) is 3.30. The highest BCUT2D eigenvalue weighted by atomic mass is 15.0. The van der Waals surface area contributed by atoms with Crippen LogP contribution in [0.4, 0.5) is 0 Å². The van der Waals surface area contributed by atoms with E-state index in [0.717, 1.165) is 6.04 Å². The van der Waals surface area contributed by atoms with Gasteiger partial charge in [0.1, 0.15) is 0 Å². The zero-order valence-electron chi connectivity index (χ0n) is 23.8. The van der Waals surface area contributed by atoms with Crippen molar-refractivity contribution in [3.63, 3.8) is 0 Å². The number of allylic oxidation sites excluding steroid dienone is 1. The second kappa shape index (κ2) is 27.6. The fourth-order valence-corrected chi connectivity index (χ4v) is 2.85. The molecular weight excluding hydrogens is 422 g/mol. The number of unbranched alkanes of at least 4 members (excludes halogenated alkanes) is 2. The van der Waals surface area contributed by atoms with Gasteiger partial charge in [0.05, 0.1) is 0 Å². The molecule has 3 aromatic rings. The van der Waals surface area contributed by atoms with Gasteiger partial charge in [-0.05, 0) is 44.4 Å². The van der Waals surface area contributed by atoms with Crippen molar-refractivity contribution in [3.05, 3.63) is 109 Å². The molecule has 0 bridgehead atoms. The summed E-state index contributed by atoms with van der Waals surface area (Å²) < 4.78 is 0. The lowest BCUT2D eigenvalue weighted by molar-refractivity contribution is 0.362. The quantitative estimate of drug-likeness (QED) is 0.370. The number of aryl methyl sites for hydroxylation is 1. The van der Waals surface area contributed by atoms with Crippen LogP contribution in [-0.2, 0) is 0 Å². The molecule has 0 saturated carbocycles. The van der Waals surface area contributed by atoms with Gasteiger partial charge in [-0.2, -0.15) is 0 Å². The molecule has 1 nitrogen and oxygen atoms in total. The Morgan fingerprint density at radius 3 is 1.23 bits per heavy atom. The van der Waals surface area contributed by atoms with E-state index in [9.17, 15) is 0 Å². The average Bonchev–Trinajstić information content (AvgIpc) is 2.88. The Kier molecular flexibility index (Phi) is 27.2. The second-order valence-corrected chi connectivity index (χ2v) is 8.00.